The van der Waals surface area contributed by atoms with E-state index >= 15 is 0 Å². The molecule has 1 unspecified atom stereocenters. The molecule has 0 aliphatic carbocycles. The summed E-state index contributed by atoms with van der Waals surface area (Å²) in [4.78, 5) is 18.0. The van der Waals surface area contributed by atoms with Crippen LogP contribution in [0.5, 0.6) is 0 Å². The van der Waals surface area contributed by atoms with E-state index in [1.165, 1.54) is 17.0 Å². The van der Waals surface area contributed by atoms with Crippen LogP contribution in [0.25, 0.3) is 11.3 Å². The maximum Gasteiger partial charge on any atom is 0.416 e. The summed E-state index contributed by atoms with van der Waals surface area (Å²) in [6, 6.07) is 8.11. The van der Waals surface area contributed by atoms with Gasteiger partial charge in [-0.3, -0.25) is 15.0 Å². The molecule has 27 heavy (non-hydrogen) atoms. The molecule has 1 N–H and O–H groups in total. The van der Waals surface area contributed by atoms with Gasteiger partial charge in [0.25, 0.3) is 0 Å². The van der Waals surface area contributed by atoms with Crippen LogP contribution < -0.4 is 4.90 Å². The summed E-state index contributed by atoms with van der Waals surface area (Å²) in [6.07, 6.45) is 2.95. The van der Waals surface area contributed by atoms with E-state index in [0.717, 1.165) is 16.8 Å². The quantitative estimate of drug-likeness (QED) is 0.710. The van der Waals surface area contributed by atoms with E-state index in [1.54, 1.807) is 24.5 Å². The maximum absolute atomic E-state index is 13.7. The molecular weight excluding hydrogens is 371 g/mol. The van der Waals surface area contributed by atoms with Gasteiger partial charge in [-0.1, -0.05) is 17.7 Å². The zero-order chi connectivity index (χ0) is 19.0. The number of carbonyl (C=O) groups is 1. The molecule has 1 aliphatic heterocycles. The number of hydrogen-bond donors (Lipinski definition) is 1. The minimum Gasteiger partial charge on any atom is -0.441 e. The normalized spacial score (nSPS) is 17.1. The number of aromatic nitrogens is 3. The van der Waals surface area contributed by atoms with Crippen molar-refractivity contribution in [3.63, 3.8) is 0 Å². The van der Waals surface area contributed by atoms with Crippen LogP contribution in [0.15, 0.2) is 42.7 Å². The summed E-state index contributed by atoms with van der Waals surface area (Å²) in [5.41, 5.74) is 3.34. The van der Waals surface area contributed by atoms with Gasteiger partial charge in [0.2, 0.25) is 0 Å². The van der Waals surface area contributed by atoms with Crippen LogP contribution >= 0.6 is 11.6 Å². The lowest BCUT2D eigenvalue weighted by Crippen LogP contribution is -2.39. The molecule has 3 aromatic rings. The number of carbonyl (C=O) groups excluding carboxylic acids is 1. The van der Waals surface area contributed by atoms with Crippen molar-refractivity contribution >= 4 is 23.5 Å². The molecule has 1 aromatic carbocycles. The highest BCUT2D eigenvalue weighted by Crippen LogP contribution is 2.32. The Kier molecular flexibility index (Phi) is 4.53. The molecule has 1 saturated heterocycles. The topological polar surface area (TPSA) is 71.1 Å². The third kappa shape index (κ3) is 3.38. The fourth-order valence-electron chi connectivity index (χ4n) is 3.10. The number of cyclic esters (lactones) is 1. The fraction of sp³-hybridized carbons (Fsp3) is 0.211. The summed E-state index contributed by atoms with van der Waals surface area (Å²) in [6.45, 7) is 2.36. The van der Waals surface area contributed by atoms with E-state index in [2.05, 4.69) is 15.2 Å². The summed E-state index contributed by atoms with van der Waals surface area (Å²) >= 11 is 5.71. The van der Waals surface area contributed by atoms with E-state index in [-0.39, 0.29) is 5.02 Å². The molecule has 6 nitrogen and oxygen atoms in total. The number of aromatic amines is 1. The first-order valence-electron chi connectivity index (χ1n) is 8.42. The molecule has 1 aliphatic rings. The predicted molar refractivity (Wildman–Crippen MR) is 99.2 cm³/mol. The number of pyridine rings is 1. The van der Waals surface area contributed by atoms with Crippen LogP contribution in [0.1, 0.15) is 23.7 Å². The number of H-pyrrole nitrogens is 1. The number of nitrogens with one attached hydrogen (secondary N) is 1. The summed E-state index contributed by atoms with van der Waals surface area (Å²) in [5.74, 6) is -0.0516. The highest BCUT2D eigenvalue weighted by atomic mass is 35.5. The number of rotatable bonds is 3. The van der Waals surface area contributed by atoms with Crippen molar-refractivity contribution in [3.8, 4) is 11.3 Å². The molecule has 1 fully saturated rings. The van der Waals surface area contributed by atoms with Gasteiger partial charge >= 0.3 is 6.09 Å². The van der Waals surface area contributed by atoms with Gasteiger partial charge in [0, 0.05) is 37.0 Å². The Morgan fingerprint density at radius 3 is 2.93 bits per heavy atom. The molecule has 1 atom stereocenters. The largest absolute Gasteiger partial charge is 0.441 e. The Bertz CT molecular complexity index is 1010. The van der Waals surface area contributed by atoms with Crippen molar-refractivity contribution in [2.45, 2.75) is 19.4 Å². The number of amides is 1. The molecule has 0 spiro atoms. The van der Waals surface area contributed by atoms with E-state index in [4.69, 9.17) is 16.3 Å². The highest BCUT2D eigenvalue weighted by molar-refractivity contribution is 6.30. The fourth-order valence-corrected chi connectivity index (χ4v) is 3.22. The Morgan fingerprint density at radius 1 is 1.33 bits per heavy atom. The number of halogens is 2. The third-order valence-electron chi connectivity index (χ3n) is 4.55. The SMILES string of the molecule is Cc1cnccc1-c1cc(N2CCC(c3ccc(Cl)c(F)c3)OC2=O)n[nH]1. The van der Waals surface area contributed by atoms with Gasteiger partial charge in [0.05, 0.1) is 10.7 Å². The summed E-state index contributed by atoms with van der Waals surface area (Å²) in [5, 5.41) is 7.22. The lowest BCUT2D eigenvalue weighted by molar-refractivity contribution is 0.0837. The second-order valence-corrected chi connectivity index (χ2v) is 6.72. The van der Waals surface area contributed by atoms with Crippen molar-refractivity contribution in [3.05, 3.63) is 64.7 Å². The molecule has 3 heterocycles. The van der Waals surface area contributed by atoms with Gasteiger partial charge in [-0.2, -0.15) is 5.10 Å². The smallest absolute Gasteiger partial charge is 0.416 e. The van der Waals surface area contributed by atoms with Crippen LogP contribution in [-0.4, -0.2) is 27.8 Å². The van der Waals surface area contributed by atoms with E-state index in [0.29, 0.717) is 24.3 Å². The van der Waals surface area contributed by atoms with Crippen LogP contribution in [-0.2, 0) is 4.74 Å². The van der Waals surface area contributed by atoms with Crippen molar-refractivity contribution in [2.24, 2.45) is 0 Å². The Morgan fingerprint density at radius 2 is 2.19 bits per heavy atom. The first-order chi connectivity index (χ1) is 13.0. The number of ether oxygens (including phenoxy) is 1. The zero-order valence-electron chi connectivity index (χ0n) is 14.4. The van der Waals surface area contributed by atoms with Crippen LogP contribution in [0.2, 0.25) is 5.02 Å². The lowest BCUT2D eigenvalue weighted by atomic mass is 10.0. The Balaban J connectivity index is 1.51. The van der Waals surface area contributed by atoms with Gasteiger partial charge in [0.1, 0.15) is 11.9 Å². The zero-order valence-corrected chi connectivity index (χ0v) is 15.2. The van der Waals surface area contributed by atoms with Gasteiger partial charge in [-0.25, -0.2) is 9.18 Å². The molecule has 0 bridgehead atoms. The number of hydrogen-bond acceptors (Lipinski definition) is 4. The second-order valence-electron chi connectivity index (χ2n) is 6.32. The summed E-state index contributed by atoms with van der Waals surface area (Å²) in [7, 11) is 0. The number of aryl methyl sites for hydroxylation is 1. The van der Waals surface area contributed by atoms with Crippen LogP contribution in [0.4, 0.5) is 15.0 Å². The molecule has 0 saturated carbocycles. The molecule has 4 rings (SSSR count). The molecule has 2 aromatic heterocycles. The average Bonchev–Trinajstić information content (AvgIpc) is 3.14. The number of benzene rings is 1. The summed E-state index contributed by atoms with van der Waals surface area (Å²) < 4.78 is 19.2. The number of nitrogens with zero attached hydrogens (tertiary/aromatic N) is 3. The second kappa shape index (κ2) is 7.00. The van der Waals surface area contributed by atoms with Gasteiger partial charge < -0.3 is 4.74 Å². The van der Waals surface area contributed by atoms with Crippen LogP contribution in [0, 0.1) is 12.7 Å². The lowest BCUT2D eigenvalue weighted by Gasteiger charge is -2.30. The standard InChI is InChI=1S/C19H16ClFN4O2/c1-11-10-22-6-4-13(11)16-9-18(24-23-16)25-7-5-17(27-19(25)26)12-2-3-14(20)15(21)8-12/h2-4,6,8-10,17H,5,7H2,1H3,(H,23,24). The van der Waals surface area contributed by atoms with E-state index in [1.807, 2.05) is 13.0 Å². The van der Waals surface area contributed by atoms with E-state index in [9.17, 15) is 9.18 Å². The van der Waals surface area contributed by atoms with Crippen molar-refractivity contribution in [1.82, 2.24) is 15.2 Å². The minimum atomic E-state index is -0.530. The average molecular weight is 387 g/mol. The molecule has 1 amide bonds. The molecule has 0 radical (unpaired) electrons. The molecular formula is C19H16ClFN4O2. The maximum atomic E-state index is 13.7. The monoisotopic (exact) mass is 386 g/mol. The van der Waals surface area contributed by atoms with Gasteiger partial charge in [0.15, 0.2) is 5.82 Å². The molecule has 8 heteroatoms. The van der Waals surface area contributed by atoms with E-state index < -0.39 is 18.0 Å². The van der Waals surface area contributed by atoms with Crippen molar-refractivity contribution in [1.29, 1.82) is 0 Å². The third-order valence-corrected chi connectivity index (χ3v) is 4.85. The first-order valence-corrected chi connectivity index (χ1v) is 8.80. The number of anilines is 1. The minimum absolute atomic E-state index is 0.0398. The Hall–Kier alpha value is -2.93. The highest BCUT2D eigenvalue weighted by Gasteiger charge is 2.31. The van der Waals surface area contributed by atoms with Crippen molar-refractivity contribution in [2.75, 3.05) is 11.4 Å². The van der Waals surface area contributed by atoms with Gasteiger partial charge in [-0.15, -0.1) is 0 Å². The van der Waals surface area contributed by atoms with Gasteiger partial charge in [-0.05, 0) is 36.2 Å². The van der Waals surface area contributed by atoms with Crippen molar-refractivity contribution < 1.29 is 13.9 Å². The first kappa shape index (κ1) is 17.5. The Labute approximate surface area is 159 Å². The molecule has 138 valence electrons. The predicted octanol–water partition coefficient (Wildman–Crippen LogP) is 4.66. The van der Waals surface area contributed by atoms with Crippen LogP contribution in [0.3, 0.4) is 0 Å².